The molecule has 0 radical (unpaired) electrons. The van der Waals surface area contributed by atoms with Crippen molar-refractivity contribution in [3.63, 3.8) is 0 Å². The normalized spacial score (nSPS) is 24.0. The van der Waals surface area contributed by atoms with Crippen molar-refractivity contribution >= 4 is 11.4 Å². The molecule has 2 atom stereocenters. The van der Waals surface area contributed by atoms with Crippen LogP contribution in [0.1, 0.15) is 24.3 Å². The minimum Gasteiger partial charge on any atom is -0.371 e. The number of benzene rings is 1. The second kappa shape index (κ2) is 6.71. The zero-order valence-corrected chi connectivity index (χ0v) is 16.1. The SMILES string of the molecule is CN1CCN2c3c(cccc31)[C@@H]1CN(CCCn3ccccc3=O)CC[C@@H]12. The molecule has 3 aliphatic heterocycles. The minimum absolute atomic E-state index is 0.103. The van der Waals surface area contributed by atoms with Crippen LogP contribution in [0.4, 0.5) is 11.4 Å². The maximum atomic E-state index is 11.9. The Balaban J connectivity index is 1.28. The summed E-state index contributed by atoms with van der Waals surface area (Å²) < 4.78 is 1.82. The van der Waals surface area contributed by atoms with Crippen LogP contribution in [0.2, 0.25) is 0 Å². The van der Waals surface area contributed by atoms with Gasteiger partial charge >= 0.3 is 0 Å². The predicted octanol–water partition coefficient (Wildman–Crippen LogP) is 2.37. The first-order valence-electron chi connectivity index (χ1n) is 10.2. The number of hydrogen-bond acceptors (Lipinski definition) is 4. The number of likely N-dealkylation sites (tertiary alicyclic amines) is 1. The van der Waals surface area contributed by atoms with Crippen LogP contribution in [0.25, 0.3) is 0 Å². The van der Waals surface area contributed by atoms with Crippen molar-refractivity contribution in [3.05, 3.63) is 58.5 Å². The number of pyridine rings is 1. The fourth-order valence-corrected chi connectivity index (χ4v) is 5.29. The molecule has 0 saturated carbocycles. The van der Waals surface area contributed by atoms with Crippen LogP contribution in [0.5, 0.6) is 0 Å². The maximum Gasteiger partial charge on any atom is 0.250 e. The highest BCUT2D eigenvalue weighted by molar-refractivity contribution is 5.80. The number of nitrogens with zero attached hydrogens (tertiary/aromatic N) is 4. The molecule has 3 aliphatic rings. The number of anilines is 2. The molecule has 1 aromatic heterocycles. The molecule has 2 aromatic rings. The summed E-state index contributed by atoms with van der Waals surface area (Å²) in [6.45, 7) is 6.46. The second-order valence-electron chi connectivity index (χ2n) is 8.18. The molecule has 0 aliphatic carbocycles. The summed E-state index contributed by atoms with van der Waals surface area (Å²) in [5, 5.41) is 0. The third-order valence-electron chi connectivity index (χ3n) is 6.65. The van der Waals surface area contributed by atoms with Gasteiger partial charge in [0.2, 0.25) is 5.56 Å². The van der Waals surface area contributed by atoms with Crippen LogP contribution in [0, 0.1) is 0 Å². The first-order valence-corrected chi connectivity index (χ1v) is 10.2. The monoisotopic (exact) mass is 364 g/mol. The molecule has 0 N–H and O–H groups in total. The Labute approximate surface area is 160 Å². The van der Waals surface area contributed by atoms with E-state index in [1.54, 1.807) is 11.6 Å². The van der Waals surface area contributed by atoms with Gasteiger partial charge in [-0.1, -0.05) is 18.2 Å². The summed E-state index contributed by atoms with van der Waals surface area (Å²) >= 11 is 0. The lowest BCUT2D eigenvalue weighted by atomic mass is 9.89. The highest BCUT2D eigenvalue weighted by Crippen LogP contribution is 2.50. The van der Waals surface area contributed by atoms with E-state index in [2.05, 4.69) is 39.9 Å². The van der Waals surface area contributed by atoms with Crippen LogP contribution in [-0.4, -0.2) is 55.3 Å². The highest BCUT2D eigenvalue weighted by Gasteiger charge is 2.44. The number of aryl methyl sites for hydroxylation is 1. The molecular weight excluding hydrogens is 336 g/mol. The van der Waals surface area contributed by atoms with Crippen LogP contribution in [0.3, 0.4) is 0 Å². The largest absolute Gasteiger partial charge is 0.371 e. The Kier molecular flexibility index (Phi) is 4.20. The van der Waals surface area contributed by atoms with E-state index in [9.17, 15) is 4.79 Å². The molecular formula is C22H28N4O. The number of aromatic nitrogens is 1. The van der Waals surface area contributed by atoms with Crippen LogP contribution < -0.4 is 15.4 Å². The highest BCUT2D eigenvalue weighted by atomic mass is 16.1. The first kappa shape index (κ1) is 16.9. The van der Waals surface area contributed by atoms with E-state index in [1.807, 2.05) is 22.9 Å². The lowest BCUT2D eigenvalue weighted by Gasteiger charge is -2.41. The summed E-state index contributed by atoms with van der Waals surface area (Å²) in [7, 11) is 2.22. The van der Waals surface area contributed by atoms with Crippen molar-refractivity contribution in [1.29, 1.82) is 0 Å². The Morgan fingerprint density at radius 2 is 1.96 bits per heavy atom. The fourth-order valence-electron chi connectivity index (χ4n) is 5.29. The third kappa shape index (κ3) is 2.85. The van der Waals surface area contributed by atoms with E-state index >= 15 is 0 Å². The van der Waals surface area contributed by atoms with Crippen molar-refractivity contribution < 1.29 is 0 Å². The Morgan fingerprint density at radius 3 is 2.85 bits per heavy atom. The standard InChI is InChI=1S/C22H28N4O/c1-23-14-15-26-19-9-13-24(10-5-12-25-11-3-2-8-21(25)27)16-18(19)17-6-4-7-20(23)22(17)26/h2-4,6-8,11,18-19H,5,9-10,12-16H2,1H3/t18-,19-/m0/s1. The van der Waals surface area contributed by atoms with Gasteiger partial charge in [0, 0.05) is 64.0 Å². The molecule has 1 saturated heterocycles. The van der Waals surface area contributed by atoms with E-state index in [0.717, 1.165) is 39.1 Å². The molecule has 0 bridgehead atoms. The van der Waals surface area contributed by atoms with Crippen molar-refractivity contribution in [2.75, 3.05) is 49.6 Å². The van der Waals surface area contributed by atoms with E-state index in [1.165, 1.54) is 24.3 Å². The quantitative estimate of drug-likeness (QED) is 0.834. The second-order valence-corrected chi connectivity index (χ2v) is 8.18. The first-order chi connectivity index (χ1) is 13.2. The van der Waals surface area contributed by atoms with Gasteiger partial charge < -0.3 is 19.3 Å². The Morgan fingerprint density at radius 1 is 1.04 bits per heavy atom. The molecule has 1 fully saturated rings. The zero-order chi connectivity index (χ0) is 18.4. The minimum atomic E-state index is 0.103. The molecule has 0 unspecified atom stereocenters. The van der Waals surface area contributed by atoms with Gasteiger partial charge in [-0.05, 0) is 37.1 Å². The van der Waals surface area contributed by atoms with Crippen molar-refractivity contribution in [1.82, 2.24) is 9.47 Å². The average molecular weight is 364 g/mol. The van der Waals surface area contributed by atoms with Crippen LogP contribution in [-0.2, 0) is 6.54 Å². The summed E-state index contributed by atoms with van der Waals surface area (Å²) in [6.07, 6.45) is 4.17. The number of para-hydroxylation sites is 1. The van der Waals surface area contributed by atoms with E-state index < -0.39 is 0 Å². The number of piperidine rings is 1. The van der Waals surface area contributed by atoms with Gasteiger partial charge in [-0.2, -0.15) is 0 Å². The van der Waals surface area contributed by atoms with E-state index in [0.29, 0.717) is 12.0 Å². The van der Waals surface area contributed by atoms with Crippen molar-refractivity contribution in [2.24, 2.45) is 0 Å². The van der Waals surface area contributed by atoms with Gasteiger partial charge in [0.05, 0.1) is 11.4 Å². The van der Waals surface area contributed by atoms with Crippen LogP contribution >= 0.6 is 0 Å². The maximum absolute atomic E-state index is 11.9. The molecule has 142 valence electrons. The molecule has 0 amide bonds. The zero-order valence-electron chi connectivity index (χ0n) is 16.1. The van der Waals surface area contributed by atoms with E-state index in [-0.39, 0.29) is 5.56 Å². The van der Waals surface area contributed by atoms with E-state index in [4.69, 9.17) is 0 Å². The van der Waals surface area contributed by atoms with Crippen molar-refractivity contribution in [2.45, 2.75) is 31.3 Å². The van der Waals surface area contributed by atoms with Crippen LogP contribution in [0.15, 0.2) is 47.4 Å². The smallest absolute Gasteiger partial charge is 0.250 e. The fraction of sp³-hybridized carbons (Fsp3) is 0.500. The average Bonchev–Trinajstić information content (AvgIpc) is 3.01. The van der Waals surface area contributed by atoms with Crippen molar-refractivity contribution in [3.8, 4) is 0 Å². The molecule has 4 heterocycles. The Hall–Kier alpha value is -2.27. The summed E-state index contributed by atoms with van der Waals surface area (Å²) in [5.41, 5.74) is 4.56. The molecule has 5 rings (SSSR count). The molecule has 5 nitrogen and oxygen atoms in total. The van der Waals surface area contributed by atoms with Gasteiger partial charge in [0.25, 0.3) is 0 Å². The molecule has 1 aromatic carbocycles. The number of likely N-dealkylation sites (N-methyl/N-ethyl adjacent to an activating group) is 1. The van der Waals surface area contributed by atoms with Gasteiger partial charge in [-0.25, -0.2) is 0 Å². The van der Waals surface area contributed by atoms with Gasteiger partial charge in [-0.3, -0.25) is 4.79 Å². The number of fused-ring (bicyclic) bond motifs is 3. The lowest BCUT2D eigenvalue weighted by Crippen LogP contribution is -2.49. The predicted molar refractivity (Wildman–Crippen MR) is 110 cm³/mol. The topological polar surface area (TPSA) is 31.7 Å². The summed E-state index contributed by atoms with van der Waals surface area (Å²) in [6, 6.07) is 12.9. The summed E-state index contributed by atoms with van der Waals surface area (Å²) in [4.78, 5) is 19.6. The van der Waals surface area contributed by atoms with Gasteiger partial charge in [-0.15, -0.1) is 0 Å². The third-order valence-corrected chi connectivity index (χ3v) is 6.65. The molecule has 5 heteroatoms. The Bertz CT molecular complexity index is 892. The lowest BCUT2D eigenvalue weighted by molar-refractivity contribution is 0.189. The number of rotatable bonds is 4. The number of hydrogen-bond donors (Lipinski definition) is 0. The van der Waals surface area contributed by atoms with Gasteiger partial charge in [0.1, 0.15) is 0 Å². The van der Waals surface area contributed by atoms with Gasteiger partial charge in [0.15, 0.2) is 0 Å². The molecule has 27 heavy (non-hydrogen) atoms. The molecule has 0 spiro atoms. The summed E-state index contributed by atoms with van der Waals surface area (Å²) in [5.74, 6) is 0.625.